The van der Waals surface area contributed by atoms with Gasteiger partial charge in [0.05, 0.1) is 18.6 Å². The van der Waals surface area contributed by atoms with Crippen LogP contribution in [0.3, 0.4) is 0 Å². The van der Waals surface area contributed by atoms with Crippen LogP contribution >= 0.6 is 0 Å². The van der Waals surface area contributed by atoms with Crippen LogP contribution in [0.2, 0.25) is 0 Å². The number of piperidine rings is 1. The van der Waals surface area contributed by atoms with E-state index in [1.165, 1.54) is 0 Å². The molecule has 0 radical (unpaired) electrons. The van der Waals surface area contributed by atoms with E-state index >= 15 is 0 Å². The lowest BCUT2D eigenvalue weighted by atomic mass is 9.78. The van der Waals surface area contributed by atoms with E-state index < -0.39 is 5.41 Å². The van der Waals surface area contributed by atoms with Gasteiger partial charge in [0.1, 0.15) is 0 Å². The van der Waals surface area contributed by atoms with Crippen molar-refractivity contribution in [3.8, 4) is 0 Å². The fraction of sp³-hybridized carbons (Fsp3) is 0.833. The van der Waals surface area contributed by atoms with Crippen LogP contribution in [0.1, 0.15) is 19.8 Å². The molecule has 0 aliphatic carbocycles. The topological polar surface area (TPSA) is 79.5 Å². The predicted octanol–water partition coefficient (Wildman–Crippen LogP) is -0.745. The molecule has 2 amide bonds. The van der Waals surface area contributed by atoms with Gasteiger partial charge in [0.25, 0.3) is 0 Å². The molecule has 6 heteroatoms. The molecule has 104 valence electrons. The summed E-state index contributed by atoms with van der Waals surface area (Å²) in [4.78, 5) is 23.5. The van der Waals surface area contributed by atoms with E-state index in [9.17, 15) is 9.59 Å². The molecule has 1 aliphatic heterocycles. The lowest BCUT2D eigenvalue weighted by molar-refractivity contribution is -0.137. The zero-order valence-corrected chi connectivity index (χ0v) is 11.2. The van der Waals surface area contributed by atoms with Gasteiger partial charge in [0.2, 0.25) is 11.8 Å². The second-order valence-corrected chi connectivity index (χ2v) is 4.60. The van der Waals surface area contributed by atoms with Gasteiger partial charge in [0.15, 0.2) is 0 Å². The van der Waals surface area contributed by atoms with Crippen molar-refractivity contribution in [2.75, 3.05) is 39.9 Å². The molecule has 1 aliphatic rings. The third-order valence-electron chi connectivity index (χ3n) is 3.25. The highest BCUT2D eigenvalue weighted by Crippen LogP contribution is 2.29. The van der Waals surface area contributed by atoms with Crippen molar-refractivity contribution < 1.29 is 14.3 Å². The molecule has 3 N–H and O–H groups in total. The number of ether oxygens (including phenoxy) is 1. The summed E-state index contributed by atoms with van der Waals surface area (Å²) >= 11 is 0. The number of hydrogen-bond donors (Lipinski definition) is 3. The second-order valence-electron chi connectivity index (χ2n) is 4.60. The molecule has 6 nitrogen and oxygen atoms in total. The van der Waals surface area contributed by atoms with Gasteiger partial charge in [-0.05, 0) is 32.9 Å². The van der Waals surface area contributed by atoms with E-state index in [0.717, 1.165) is 25.9 Å². The summed E-state index contributed by atoms with van der Waals surface area (Å²) < 4.78 is 5.17. The van der Waals surface area contributed by atoms with Gasteiger partial charge < -0.3 is 20.7 Å². The number of amides is 2. The van der Waals surface area contributed by atoms with E-state index in [1.807, 2.05) is 6.92 Å². The predicted molar refractivity (Wildman–Crippen MR) is 68.1 cm³/mol. The van der Waals surface area contributed by atoms with Crippen LogP contribution < -0.4 is 16.0 Å². The Morgan fingerprint density at radius 3 is 2.50 bits per heavy atom. The Kier molecular flexibility index (Phi) is 6.07. The van der Waals surface area contributed by atoms with E-state index in [0.29, 0.717) is 13.2 Å². The quantitative estimate of drug-likeness (QED) is 0.585. The molecule has 0 saturated carbocycles. The average molecular weight is 257 g/mol. The molecule has 1 fully saturated rings. The van der Waals surface area contributed by atoms with Crippen LogP contribution in [0.5, 0.6) is 0 Å². The Morgan fingerprint density at radius 1 is 1.28 bits per heavy atom. The molecular formula is C12H23N3O3. The van der Waals surface area contributed by atoms with Gasteiger partial charge in [0, 0.05) is 13.7 Å². The monoisotopic (exact) mass is 257 g/mol. The maximum atomic E-state index is 12.2. The van der Waals surface area contributed by atoms with E-state index in [1.54, 1.807) is 7.11 Å². The molecule has 0 aromatic carbocycles. The zero-order chi connectivity index (χ0) is 13.4. The van der Waals surface area contributed by atoms with Gasteiger partial charge in [-0.1, -0.05) is 0 Å². The van der Waals surface area contributed by atoms with Crippen molar-refractivity contribution in [3.63, 3.8) is 0 Å². The molecule has 0 spiro atoms. The van der Waals surface area contributed by atoms with Crippen molar-refractivity contribution >= 4 is 11.8 Å². The summed E-state index contributed by atoms with van der Waals surface area (Å²) in [5, 5.41) is 8.58. The number of hydrogen-bond acceptors (Lipinski definition) is 4. The third kappa shape index (κ3) is 3.96. The van der Waals surface area contributed by atoms with E-state index in [2.05, 4.69) is 16.0 Å². The first-order chi connectivity index (χ1) is 8.64. The lowest BCUT2D eigenvalue weighted by Gasteiger charge is -2.35. The van der Waals surface area contributed by atoms with Crippen LogP contribution in [-0.4, -0.2) is 51.7 Å². The highest BCUT2D eigenvalue weighted by atomic mass is 16.5. The summed E-state index contributed by atoms with van der Waals surface area (Å²) in [5.41, 5.74) is -0.494. The van der Waals surface area contributed by atoms with Gasteiger partial charge in [-0.25, -0.2) is 0 Å². The minimum Gasteiger partial charge on any atom is -0.384 e. The third-order valence-corrected chi connectivity index (χ3v) is 3.25. The van der Waals surface area contributed by atoms with Gasteiger partial charge in [-0.3, -0.25) is 9.59 Å². The van der Waals surface area contributed by atoms with Crippen LogP contribution in [0, 0.1) is 5.41 Å². The van der Waals surface area contributed by atoms with E-state index in [4.69, 9.17) is 4.74 Å². The molecule has 1 heterocycles. The summed E-state index contributed by atoms with van der Waals surface area (Å²) in [6.07, 6.45) is 1.48. The molecular weight excluding hydrogens is 234 g/mol. The molecule has 0 aromatic heterocycles. The fourth-order valence-corrected chi connectivity index (χ4v) is 2.23. The number of methoxy groups -OCH3 is 1. The lowest BCUT2D eigenvalue weighted by Crippen LogP contribution is -2.51. The Morgan fingerprint density at radius 2 is 1.94 bits per heavy atom. The molecule has 0 bridgehead atoms. The smallest absolute Gasteiger partial charge is 0.239 e. The number of rotatable bonds is 6. The second kappa shape index (κ2) is 7.33. The summed E-state index contributed by atoms with van der Waals surface area (Å²) in [6.45, 7) is 4.46. The largest absolute Gasteiger partial charge is 0.384 e. The average Bonchev–Trinajstić information content (AvgIpc) is 2.38. The van der Waals surface area contributed by atoms with E-state index in [-0.39, 0.29) is 18.4 Å². The Balaban J connectivity index is 2.51. The van der Waals surface area contributed by atoms with Crippen molar-refractivity contribution in [2.24, 2.45) is 5.41 Å². The Labute approximate surface area is 108 Å². The fourth-order valence-electron chi connectivity index (χ4n) is 2.23. The summed E-state index contributed by atoms with van der Waals surface area (Å²) in [7, 11) is 1.60. The van der Waals surface area contributed by atoms with Gasteiger partial charge >= 0.3 is 0 Å². The SMILES string of the molecule is CCNC(=O)CNC(=O)C1(COC)CCNCC1. The normalized spacial score (nSPS) is 18.1. The first kappa shape index (κ1) is 14.9. The van der Waals surface area contributed by atoms with Crippen molar-refractivity contribution in [2.45, 2.75) is 19.8 Å². The molecule has 1 rings (SSSR count). The van der Waals surface area contributed by atoms with Crippen LogP contribution in [0.4, 0.5) is 0 Å². The molecule has 1 saturated heterocycles. The number of carbonyl (C=O) groups excluding carboxylic acids is 2. The van der Waals surface area contributed by atoms with Crippen LogP contribution in [0.15, 0.2) is 0 Å². The van der Waals surface area contributed by atoms with Crippen molar-refractivity contribution in [3.05, 3.63) is 0 Å². The first-order valence-corrected chi connectivity index (χ1v) is 6.39. The Bertz CT molecular complexity index is 283. The maximum Gasteiger partial charge on any atom is 0.239 e. The minimum atomic E-state index is -0.494. The molecule has 0 aromatic rings. The summed E-state index contributed by atoms with van der Waals surface area (Å²) in [5.74, 6) is -0.246. The number of carbonyl (C=O) groups is 2. The van der Waals surface area contributed by atoms with Crippen molar-refractivity contribution in [1.29, 1.82) is 0 Å². The Hall–Kier alpha value is -1.14. The maximum absolute atomic E-state index is 12.2. The van der Waals surface area contributed by atoms with Crippen LogP contribution in [-0.2, 0) is 14.3 Å². The zero-order valence-electron chi connectivity index (χ0n) is 11.2. The minimum absolute atomic E-state index is 0.0333. The first-order valence-electron chi connectivity index (χ1n) is 6.39. The van der Waals surface area contributed by atoms with Crippen LogP contribution in [0.25, 0.3) is 0 Å². The number of nitrogens with one attached hydrogen (secondary N) is 3. The van der Waals surface area contributed by atoms with Gasteiger partial charge in [-0.15, -0.1) is 0 Å². The van der Waals surface area contributed by atoms with Crippen molar-refractivity contribution in [1.82, 2.24) is 16.0 Å². The highest BCUT2D eigenvalue weighted by Gasteiger charge is 2.39. The highest BCUT2D eigenvalue weighted by molar-refractivity contribution is 5.88. The standard InChI is InChI=1S/C12H23N3O3/c1-3-14-10(16)8-15-11(17)12(9-18-2)4-6-13-7-5-12/h13H,3-9H2,1-2H3,(H,14,16)(H,15,17). The summed E-state index contributed by atoms with van der Waals surface area (Å²) in [6, 6.07) is 0. The number of likely N-dealkylation sites (N-methyl/N-ethyl adjacent to an activating group) is 1. The molecule has 18 heavy (non-hydrogen) atoms. The molecule has 0 unspecified atom stereocenters. The van der Waals surface area contributed by atoms with Gasteiger partial charge in [-0.2, -0.15) is 0 Å². The molecule has 0 atom stereocenters.